The predicted molar refractivity (Wildman–Crippen MR) is 80.6 cm³/mol. The number of carbonyl (C=O) groups excluding carboxylic acids is 2. The third-order valence-corrected chi connectivity index (χ3v) is 4.83. The molecule has 0 amide bonds. The molecule has 2 aliphatic rings. The number of benzene rings is 1. The molecule has 1 aromatic rings. The Morgan fingerprint density at radius 3 is 2.59 bits per heavy atom. The minimum absolute atomic E-state index is 0.181. The van der Waals surface area contributed by atoms with Gasteiger partial charge in [0.25, 0.3) is 0 Å². The van der Waals surface area contributed by atoms with Crippen LogP contribution in [0.15, 0.2) is 18.2 Å². The van der Waals surface area contributed by atoms with Crippen LogP contribution in [-0.2, 0) is 19.2 Å². The summed E-state index contributed by atoms with van der Waals surface area (Å²) in [7, 11) is 1.59. The van der Waals surface area contributed by atoms with Gasteiger partial charge in [0.15, 0.2) is 11.4 Å². The molecule has 1 atom stereocenters. The van der Waals surface area contributed by atoms with Gasteiger partial charge in [-0.1, -0.05) is 23.7 Å². The Kier molecular flexibility index (Phi) is 3.97. The van der Waals surface area contributed by atoms with Crippen LogP contribution in [0.2, 0.25) is 5.02 Å². The molecule has 1 aromatic carbocycles. The Bertz CT molecular complexity index is 623. The quantitative estimate of drug-likeness (QED) is 0.617. The van der Waals surface area contributed by atoms with Crippen LogP contribution in [-0.4, -0.2) is 42.6 Å². The first-order chi connectivity index (χ1) is 10.5. The molecule has 0 saturated carbocycles. The highest BCUT2D eigenvalue weighted by Crippen LogP contribution is 2.42. The zero-order valence-corrected chi connectivity index (χ0v) is 13.4. The fourth-order valence-corrected chi connectivity index (χ4v) is 3.53. The smallest absolute Gasteiger partial charge is 0.322 e. The maximum Gasteiger partial charge on any atom is 0.322 e. The maximum atomic E-state index is 12.9. The predicted octanol–water partition coefficient (Wildman–Crippen LogP) is 2.25. The van der Waals surface area contributed by atoms with E-state index in [1.807, 2.05) is 13.0 Å². The number of Topliss-reactive ketones (excluding diaryl/α,β-unsaturated/α-hetero) is 1. The topological polar surface area (TPSA) is 55.8 Å². The van der Waals surface area contributed by atoms with Crippen molar-refractivity contribution in [3.05, 3.63) is 34.3 Å². The van der Waals surface area contributed by atoms with Crippen molar-refractivity contribution in [2.24, 2.45) is 0 Å². The van der Waals surface area contributed by atoms with Gasteiger partial charge in [0, 0.05) is 31.0 Å². The first-order valence-corrected chi connectivity index (χ1v) is 7.67. The number of piperidine rings is 1. The third-order valence-electron chi connectivity index (χ3n) is 4.50. The number of hydroxylamine groups is 2. The highest BCUT2D eigenvalue weighted by Gasteiger charge is 2.56. The average molecular weight is 324 g/mol. The largest absolute Gasteiger partial charge is 0.450 e. The normalized spacial score (nSPS) is 24.8. The van der Waals surface area contributed by atoms with E-state index in [4.69, 9.17) is 21.2 Å². The molecule has 5 nitrogen and oxygen atoms in total. The van der Waals surface area contributed by atoms with E-state index in [1.54, 1.807) is 24.3 Å². The summed E-state index contributed by atoms with van der Waals surface area (Å²) in [5.74, 6) is -1.59. The number of rotatable bonds is 2. The Labute approximate surface area is 134 Å². The van der Waals surface area contributed by atoms with Crippen molar-refractivity contribution in [2.75, 3.05) is 20.2 Å². The zero-order chi connectivity index (χ0) is 15.9. The lowest BCUT2D eigenvalue weighted by atomic mass is 9.82. The fraction of sp³-hybridized carbons (Fsp3) is 0.500. The molecule has 0 bridgehead atoms. The molecule has 0 aliphatic carbocycles. The summed E-state index contributed by atoms with van der Waals surface area (Å²) >= 11 is 6.22. The second kappa shape index (κ2) is 5.65. The van der Waals surface area contributed by atoms with Crippen molar-refractivity contribution < 1.29 is 19.2 Å². The molecule has 2 heterocycles. The van der Waals surface area contributed by atoms with Gasteiger partial charge in [-0.25, -0.2) is 0 Å². The number of hydrogen-bond donors (Lipinski definition) is 0. The van der Waals surface area contributed by atoms with Crippen LogP contribution in [0.5, 0.6) is 0 Å². The first-order valence-electron chi connectivity index (χ1n) is 7.29. The van der Waals surface area contributed by atoms with E-state index in [-0.39, 0.29) is 5.78 Å². The molecular formula is C16H18ClNO4. The van der Waals surface area contributed by atoms with Gasteiger partial charge in [0.05, 0.1) is 7.11 Å². The molecular weight excluding hydrogens is 306 g/mol. The second-order valence-corrected chi connectivity index (χ2v) is 6.26. The molecule has 2 saturated heterocycles. The van der Waals surface area contributed by atoms with Crippen molar-refractivity contribution in [1.29, 1.82) is 0 Å². The van der Waals surface area contributed by atoms with E-state index in [0.717, 1.165) is 5.56 Å². The molecule has 0 N–H and O–H groups in total. The number of esters is 1. The van der Waals surface area contributed by atoms with Crippen molar-refractivity contribution in [2.45, 2.75) is 31.3 Å². The van der Waals surface area contributed by atoms with Crippen LogP contribution in [0.1, 0.15) is 29.9 Å². The van der Waals surface area contributed by atoms with E-state index < -0.39 is 17.5 Å². The Morgan fingerprint density at radius 2 is 2.00 bits per heavy atom. The summed E-state index contributed by atoms with van der Waals surface area (Å²) in [6.45, 7) is 3.03. The number of carbonyl (C=O) groups is 2. The van der Waals surface area contributed by atoms with Crippen LogP contribution >= 0.6 is 11.6 Å². The fourth-order valence-electron chi connectivity index (χ4n) is 3.18. The summed E-state index contributed by atoms with van der Waals surface area (Å²) < 4.78 is 5.52. The molecule has 1 spiro atoms. The molecule has 0 radical (unpaired) electrons. The maximum absolute atomic E-state index is 12.9. The number of aryl methyl sites for hydroxylation is 1. The van der Waals surface area contributed by atoms with E-state index in [0.29, 0.717) is 36.5 Å². The van der Waals surface area contributed by atoms with Crippen LogP contribution < -0.4 is 0 Å². The minimum Gasteiger partial charge on any atom is -0.450 e. The molecule has 2 fully saturated rings. The van der Waals surface area contributed by atoms with E-state index >= 15 is 0 Å². The van der Waals surface area contributed by atoms with Crippen molar-refractivity contribution >= 4 is 23.4 Å². The summed E-state index contributed by atoms with van der Waals surface area (Å²) in [5, 5.41) is 2.19. The van der Waals surface area contributed by atoms with Gasteiger partial charge in [-0.3, -0.25) is 9.59 Å². The molecule has 1 unspecified atom stereocenters. The Hall–Kier alpha value is -1.43. The minimum atomic E-state index is -1.02. The highest BCUT2D eigenvalue weighted by atomic mass is 35.5. The van der Waals surface area contributed by atoms with Gasteiger partial charge in [-0.15, -0.1) is 0 Å². The highest BCUT2D eigenvalue weighted by molar-refractivity contribution is 6.32. The van der Waals surface area contributed by atoms with Crippen molar-refractivity contribution in [1.82, 2.24) is 5.06 Å². The number of nitrogens with zero attached hydrogens (tertiary/aromatic N) is 1. The first kappa shape index (κ1) is 15.5. The Balaban J connectivity index is 1.89. The van der Waals surface area contributed by atoms with Crippen molar-refractivity contribution in [3.63, 3.8) is 0 Å². The summed E-state index contributed by atoms with van der Waals surface area (Å²) in [6.07, 6.45) is 0.900. The van der Waals surface area contributed by atoms with Gasteiger partial charge < -0.3 is 9.57 Å². The third kappa shape index (κ3) is 2.43. The number of hydrogen-bond acceptors (Lipinski definition) is 5. The van der Waals surface area contributed by atoms with Gasteiger partial charge >= 0.3 is 5.97 Å². The number of ketones is 1. The lowest BCUT2D eigenvalue weighted by Gasteiger charge is -2.35. The molecule has 0 aromatic heterocycles. The van der Waals surface area contributed by atoms with Crippen LogP contribution in [0, 0.1) is 6.92 Å². The monoisotopic (exact) mass is 323 g/mol. The standard InChI is InChI=1S/C16H18ClNO4/c1-10-3-4-11(12(17)9-10)13-14(19)16(22-15(13)20)5-7-18(21-2)8-6-16/h3-4,9,13H,5-8H2,1-2H3. The summed E-state index contributed by atoms with van der Waals surface area (Å²) in [4.78, 5) is 30.3. The molecule has 118 valence electrons. The molecule has 2 aliphatic heterocycles. The van der Waals surface area contributed by atoms with Crippen LogP contribution in [0.3, 0.4) is 0 Å². The SMILES string of the molecule is CON1CCC2(CC1)OC(=O)C(c1ccc(C)cc1Cl)C2=O. The summed E-state index contributed by atoms with van der Waals surface area (Å²) in [5.41, 5.74) is 0.495. The van der Waals surface area contributed by atoms with Gasteiger partial charge in [0.2, 0.25) is 0 Å². The van der Waals surface area contributed by atoms with E-state index in [1.165, 1.54) is 0 Å². The zero-order valence-electron chi connectivity index (χ0n) is 12.6. The Morgan fingerprint density at radius 1 is 1.32 bits per heavy atom. The molecule has 6 heteroatoms. The molecule has 22 heavy (non-hydrogen) atoms. The molecule has 3 rings (SSSR count). The van der Waals surface area contributed by atoms with Gasteiger partial charge in [-0.05, 0) is 24.1 Å². The van der Waals surface area contributed by atoms with Crippen molar-refractivity contribution in [3.8, 4) is 0 Å². The van der Waals surface area contributed by atoms with Gasteiger partial charge in [0.1, 0.15) is 5.92 Å². The van der Waals surface area contributed by atoms with Crippen LogP contribution in [0.4, 0.5) is 0 Å². The number of halogens is 1. The number of ether oxygens (including phenoxy) is 1. The average Bonchev–Trinajstić information content (AvgIpc) is 2.72. The summed E-state index contributed by atoms with van der Waals surface area (Å²) in [6, 6.07) is 5.35. The van der Waals surface area contributed by atoms with E-state index in [9.17, 15) is 9.59 Å². The second-order valence-electron chi connectivity index (χ2n) is 5.85. The van der Waals surface area contributed by atoms with Crippen LogP contribution in [0.25, 0.3) is 0 Å². The van der Waals surface area contributed by atoms with Gasteiger partial charge in [-0.2, -0.15) is 5.06 Å². The van der Waals surface area contributed by atoms with E-state index in [2.05, 4.69) is 0 Å². The lowest BCUT2D eigenvalue weighted by Crippen LogP contribution is -2.48. The lowest BCUT2D eigenvalue weighted by molar-refractivity contribution is -0.184.